The highest BCUT2D eigenvalue weighted by Crippen LogP contribution is 2.19. The summed E-state index contributed by atoms with van der Waals surface area (Å²) >= 11 is 5.98. The fourth-order valence-electron chi connectivity index (χ4n) is 1.85. The number of anilines is 1. The standard InChI is InChI=1S/C14H14ClF2N3O2/c1-2-9(7-21)19-11-6-18-20(14(22)13(11)15)12-4-3-8(16)5-10(12)17/h3-6,9,19,21H,2,7H2,1H3/t9-/m1/s1. The first-order valence-electron chi connectivity index (χ1n) is 6.58. The third-order valence-electron chi connectivity index (χ3n) is 3.13. The zero-order valence-electron chi connectivity index (χ0n) is 11.7. The van der Waals surface area contributed by atoms with E-state index in [1.54, 1.807) is 0 Å². The van der Waals surface area contributed by atoms with Crippen molar-refractivity contribution in [1.29, 1.82) is 0 Å². The molecule has 1 heterocycles. The number of nitrogens with one attached hydrogen (secondary N) is 1. The molecule has 0 unspecified atom stereocenters. The summed E-state index contributed by atoms with van der Waals surface area (Å²) in [7, 11) is 0. The van der Waals surface area contributed by atoms with Crippen LogP contribution in [0, 0.1) is 11.6 Å². The maximum atomic E-state index is 13.7. The third kappa shape index (κ3) is 3.26. The fourth-order valence-corrected chi connectivity index (χ4v) is 2.04. The molecule has 0 bridgehead atoms. The Hall–Kier alpha value is -1.99. The van der Waals surface area contributed by atoms with Gasteiger partial charge in [-0.15, -0.1) is 0 Å². The summed E-state index contributed by atoms with van der Waals surface area (Å²) in [5, 5.41) is 15.7. The molecule has 2 rings (SSSR count). The molecule has 22 heavy (non-hydrogen) atoms. The van der Waals surface area contributed by atoms with Crippen LogP contribution >= 0.6 is 11.6 Å². The van der Waals surface area contributed by atoms with Gasteiger partial charge in [0.05, 0.1) is 18.5 Å². The molecule has 0 radical (unpaired) electrons. The van der Waals surface area contributed by atoms with Crippen LogP contribution in [0.1, 0.15) is 13.3 Å². The lowest BCUT2D eigenvalue weighted by Crippen LogP contribution is -2.27. The summed E-state index contributed by atoms with van der Waals surface area (Å²) < 4.78 is 27.4. The summed E-state index contributed by atoms with van der Waals surface area (Å²) in [4.78, 5) is 12.2. The lowest BCUT2D eigenvalue weighted by molar-refractivity contribution is 0.272. The Kier molecular flexibility index (Phi) is 5.10. The number of hydrogen-bond acceptors (Lipinski definition) is 4. The number of rotatable bonds is 5. The average Bonchev–Trinajstić information content (AvgIpc) is 2.50. The van der Waals surface area contributed by atoms with E-state index in [4.69, 9.17) is 16.7 Å². The Morgan fingerprint density at radius 2 is 2.18 bits per heavy atom. The summed E-state index contributed by atoms with van der Waals surface area (Å²) in [6, 6.07) is 2.50. The van der Waals surface area contributed by atoms with E-state index in [2.05, 4.69) is 10.4 Å². The molecule has 0 aliphatic rings. The van der Waals surface area contributed by atoms with E-state index in [1.165, 1.54) is 6.20 Å². The van der Waals surface area contributed by atoms with Crippen LogP contribution in [0.15, 0.2) is 29.2 Å². The maximum Gasteiger partial charge on any atom is 0.292 e. The number of nitrogens with zero attached hydrogens (tertiary/aromatic N) is 2. The molecule has 0 saturated heterocycles. The number of benzene rings is 1. The van der Waals surface area contributed by atoms with Gasteiger partial charge in [-0.1, -0.05) is 18.5 Å². The van der Waals surface area contributed by atoms with Gasteiger partial charge >= 0.3 is 0 Å². The van der Waals surface area contributed by atoms with Gasteiger partial charge < -0.3 is 10.4 Å². The van der Waals surface area contributed by atoms with Crippen molar-refractivity contribution < 1.29 is 13.9 Å². The zero-order valence-corrected chi connectivity index (χ0v) is 12.4. The Morgan fingerprint density at radius 1 is 1.45 bits per heavy atom. The van der Waals surface area contributed by atoms with Crippen LogP contribution in [0.2, 0.25) is 5.02 Å². The molecule has 0 saturated carbocycles. The van der Waals surface area contributed by atoms with E-state index in [0.29, 0.717) is 12.5 Å². The van der Waals surface area contributed by atoms with Crippen molar-refractivity contribution in [2.45, 2.75) is 19.4 Å². The molecule has 1 aromatic carbocycles. The second-order valence-corrected chi connectivity index (χ2v) is 4.99. The molecule has 0 aliphatic carbocycles. The predicted molar refractivity (Wildman–Crippen MR) is 79.5 cm³/mol. The number of aliphatic hydroxyl groups excluding tert-OH is 1. The van der Waals surface area contributed by atoms with Crippen LogP contribution in [0.3, 0.4) is 0 Å². The third-order valence-corrected chi connectivity index (χ3v) is 3.49. The number of halogens is 3. The Bertz CT molecular complexity index is 733. The molecular weight excluding hydrogens is 316 g/mol. The maximum absolute atomic E-state index is 13.7. The largest absolute Gasteiger partial charge is 0.394 e. The lowest BCUT2D eigenvalue weighted by Gasteiger charge is -2.16. The van der Waals surface area contributed by atoms with Crippen LogP contribution < -0.4 is 10.9 Å². The highest BCUT2D eigenvalue weighted by atomic mass is 35.5. The molecule has 0 aliphatic heterocycles. The van der Waals surface area contributed by atoms with Gasteiger partial charge in [-0.05, 0) is 18.6 Å². The van der Waals surface area contributed by atoms with Crippen molar-refractivity contribution >= 4 is 17.3 Å². The topological polar surface area (TPSA) is 67.2 Å². The van der Waals surface area contributed by atoms with Gasteiger partial charge in [0.2, 0.25) is 0 Å². The van der Waals surface area contributed by atoms with Gasteiger partial charge in [0.1, 0.15) is 16.5 Å². The molecule has 1 atom stereocenters. The molecule has 118 valence electrons. The van der Waals surface area contributed by atoms with Crippen LogP contribution in [0.5, 0.6) is 0 Å². The summed E-state index contributed by atoms with van der Waals surface area (Å²) in [6.45, 7) is 1.72. The molecule has 0 fully saturated rings. The van der Waals surface area contributed by atoms with E-state index in [0.717, 1.165) is 16.8 Å². The van der Waals surface area contributed by atoms with Crippen molar-refractivity contribution in [1.82, 2.24) is 9.78 Å². The number of hydrogen-bond donors (Lipinski definition) is 2. The summed E-state index contributed by atoms with van der Waals surface area (Å²) in [5.74, 6) is -1.68. The van der Waals surface area contributed by atoms with Crippen molar-refractivity contribution in [3.8, 4) is 5.69 Å². The second kappa shape index (κ2) is 6.85. The fraction of sp³-hybridized carbons (Fsp3) is 0.286. The molecule has 2 aromatic rings. The number of aromatic nitrogens is 2. The van der Waals surface area contributed by atoms with Crippen LogP contribution in [0.25, 0.3) is 5.69 Å². The van der Waals surface area contributed by atoms with Crippen LogP contribution in [-0.2, 0) is 0 Å². The molecular formula is C14H14ClF2N3O2. The summed E-state index contributed by atoms with van der Waals surface area (Å²) in [5.41, 5.74) is -0.703. The van der Waals surface area contributed by atoms with Crippen molar-refractivity contribution in [2.24, 2.45) is 0 Å². The van der Waals surface area contributed by atoms with Gasteiger partial charge in [0.15, 0.2) is 5.82 Å². The molecule has 1 aromatic heterocycles. The van der Waals surface area contributed by atoms with Crippen molar-refractivity contribution in [2.75, 3.05) is 11.9 Å². The van der Waals surface area contributed by atoms with E-state index in [-0.39, 0.29) is 29.0 Å². The van der Waals surface area contributed by atoms with Gasteiger partial charge in [-0.2, -0.15) is 9.78 Å². The molecule has 2 N–H and O–H groups in total. The van der Waals surface area contributed by atoms with Gasteiger partial charge in [0, 0.05) is 12.1 Å². The SMILES string of the molecule is CC[C@H](CO)Nc1cnn(-c2ccc(F)cc2F)c(=O)c1Cl. The average molecular weight is 330 g/mol. The predicted octanol–water partition coefficient (Wildman–Crippen LogP) is 2.35. The smallest absolute Gasteiger partial charge is 0.292 e. The Morgan fingerprint density at radius 3 is 2.77 bits per heavy atom. The zero-order chi connectivity index (χ0) is 16.3. The molecule has 8 heteroatoms. The van der Waals surface area contributed by atoms with Gasteiger partial charge in [-0.3, -0.25) is 4.79 Å². The van der Waals surface area contributed by atoms with Crippen molar-refractivity contribution in [3.63, 3.8) is 0 Å². The van der Waals surface area contributed by atoms with E-state index >= 15 is 0 Å². The minimum Gasteiger partial charge on any atom is -0.394 e. The minimum absolute atomic E-state index is 0.136. The Labute approximate surface area is 130 Å². The lowest BCUT2D eigenvalue weighted by atomic mass is 10.2. The van der Waals surface area contributed by atoms with E-state index in [1.807, 2.05) is 6.92 Å². The van der Waals surface area contributed by atoms with E-state index < -0.39 is 17.2 Å². The normalized spacial score (nSPS) is 12.2. The molecule has 0 spiro atoms. The monoisotopic (exact) mass is 329 g/mol. The Balaban J connectivity index is 2.44. The first-order chi connectivity index (χ1) is 10.5. The second-order valence-electron chi connectivity index (χ2n) is 4.62. The van der Waals surface area contributed by atoms with E-state index in [9.17, 15) is 13.6 Å². The highest BCUT2D eigenvalue weighted by molar-refractivity contribution is 6.32. The quantitative estimate of drug-likeness (QED) is 0.883. The molecule has 0 amide bonds. The highest BCUT2D eigenvalue weighted by Gasteiger charge is 2.15. The van der Waals surface area contributed by atoms with Crippen LogP contribution in [-0.4, -0.2) is 27.5 Å². The number of aliphatic hydroxyl groups is 1. The summed E-state index contributed by atoms with van der Waals surface area (Å²) in [6.07, 6.45) is 1.87. The van der Waals surface area contributed by atoms with Gasteiger partial charge in [-0.25, -0.2) is 8.78 Å². The van der Waals surface area contributed by atoms with Gasteiger partial charge in [0.25, 0.3) is 5.56 Å². The van der Waals surface area contributed by atoms with Crippen LogP contribution in [0.4, 0.5) is 14.5 Å². The first-order valence-corrected chi connectivity index (χ1v) is 6.96. The first kappa shape index (κ1) is 16.4. The molecule has 5 nitrogen and oxygen atoms in total. The van der Waals surface area contributed by atoms with Crippen molar-refractivity contribution in [3.05, 3.63) is 51.4 Å². The minimum atomic E-state index is -0.923.